The molecule has 1 unspecified atom stereocenters. The quantitative estimate of drug-likeness (QED) is 0.627. The van der Waals surface area contributed by atoms with Crippen LogP contribution in [0.25, 0.3) is 0 Å². The molecular formula is C22H28N4O5S. The van der Waals surface area contributed by atoms with Crippen molar-refractivity contribution in [1.29, 1.82) is 0 Å². The van der Waals surface area contributed by atoms with Crippen LogP contribution in [0.4, 0.5) is 5.13 Å². The van der Waals surface area contributed by atoms with Gasteiger partial charge in [0.25, 0.3) is 11.8 Å². The van der Waals surface area contributed by atoms with E-state index in [1.54, 1.807) is 34.7 Å². The number of anilines is 1. The van der Waals surface area contributed by atoms with Crippen LogP contribution in [0.5, 0.6) is 11.5 Å². The minimum atomic E-state index is -0.291. The summed E-state index contributed by atoms with van der Waals surface area (Å²) in [7, 11) is 1.48. The lowest BCUT2D eigenvalue weighted by Crippen LogP contribution is -2.43. The zero-order valence-electron chi connectivity index (χ0n) is 18.4. The highest BCUT2D eigenvalue weighted by molar-refractivity contribution is 7.13. The first kappa shape index (κ1) is 23.5. The van der Waals surface area contributed by atoms with Crippen LogP contribution in [0.1, 0.15) is 37.0 Å². The van der Waals surface area contributed by atoms with Gasteiger partial charge in [0.1, 0.15) is 0 Å². The molecule has 1 saturated heterocycles. The topological polar surface area (TPSA) is 110 Å². The Hall–Kier alpha value is -3.14. The molecule has 0 radical (unpaired) electrons. The highest BCUT2D eigenvalue weighted by Crippen LogP contribution is 2.29. The van der Waals surface area contributed by atoms with Crippen molar-refractivity contribution in [1.82, 2.24) is 15.2 Å². The summed E-state index contributed by atoms with van der Waals surface area (Å²) in [6.45, 7) is 4.51. The van der Waals surface area contributed by atoms with E-state index >= 15 is 0 Å². The van der Waals surface area contributed by atoms with Crippen LogP contribution in [-0.2, 0) is 9.59 Å². The van der Waals surface area contributed by atoms with Crippen LogP contribution in [0.3, 0.4) is 0 Å². The van der Waals surface area contributed by atoms with Crippen LogP contribution < -0.4 is 20.1 Å². The summed E-state index contributed by atoms with van der Waals surface area (Å²) in [5.41, 5.74) is 0.432. The Kier molecular flexibility index (Phi) is 8.04. The number of carbonyl (C=O) groups is 3. The molecule has 1 aromatic carbocycles. The lowest BCUT2D eigenvalue weighted by Gasteiger charge is -2.32. The number of hydrogen-bond donors (Lipinski definition) is 2. The van der Waals surface area contributed by atoms with Crippen molar-refractivity contribution in [2.24, 2.45) is 5.92 Å². The van der Waals surface area contributed by atoms with E-state index in [0.717, 1.165) is 12.8 Å². The highest BCUT2D eigenvalue weighted by atomic mass is 32.1. The van der Waals surface area contributed by atoms with Gasteiger partial charge in [0, 0.05) is 36.3 Å². The maximum absolute atomic E-state index is 13.1. The molecule has 1 atom stereocenters. The summed E-state index contributed by atoms with van der Waals surface area (Å²) in [5, 5.41) is 7.91. The number of hydrogen-bond acceptors (Lipinski definition) is 7. The molecule has 0 aliphatic carbocycles. The Morgan fingerprint density at radius 3 is 2.78 bits per heavy atom. The number of carbonyl (C=O) groups excluding carboxylic acids is 3. The van der Waals surface area contributed by atoms with Crippen LogP contribution in [0.2, 0.25) is 0 Å². The first-order valence-electron chi connectivity index (χ1n) is 10.5. The zero-order valence-corrected chi connectivity index (χ0v) is 19.2. The summed E-state index contributed by atoms with van der Waals surface area (Å²) in [6, 6.07) is 4.87. The van der Waals surface area contributed by atoms with Crippen LogP contribution in [-0.4, -0.2) is 60.5 Å². The number of nitrogens with one attached hydrogen (secondary N) is 2. The van der Waals surface area contributed by atoms with Crippen molar-refractivity contribution >= 4 is 34.2 Å². The number of thiazole rings is 1. The second-order valence-corrected chi connectivity index (χ2v) is 8.69. The molecule has 0 bridgehead atoms. The first-order chi connectivity index (χ1) is 15.4. The molecule has 2 aromatic rings. The van der Waals surface area contributed by atoms with Gasteiger partial charge < -0.3 is 25.0 Å². The average Bonchev–Trinajstić information content (AvgIpc) is 3.29. The van der Waals surface area contributed by atoms with E-state index in [1.165, 1.54) is 18.4 Å². The molecule has 172 valence electrons. The molecule has 3 amide bonds. The number of rotatable bonds is 8. The molecule has 10 heteroatoms. The zero-order chi connectivity index (χ0) is 23.1. The van der Waals surface area contributed by atoms with E-state index in [-0.39, 0.29) is 36.3 Å². The van der Waals surface area contributed by atoms with E-state index in [4.69, 9.17) is 9.47 Å². The summed E-state index contributed by atoms with van der Waals surface area (Å²) in [5.74, 6) is -0.0960. The number of amides is 3. The van der Waals surface area contributed by atoms with Crippen molar-refractivity contribution in [3.63, 3.8) is 0 Å². The van der Waals surface area contributed by atoms with Crippen molar-refractivity contribution in [3.05, 3.63) is 35.3 Å². The molecule has 1 fully saturated rings. The second kappa shape index (κ2) is 10.9. The Morgan fingerprint density at radius 2 is 2.09 bits per heavy atom. The Bertz CT molecular complexity index is 948. The molecule has 32 heavy (non-hydrogen) atoms. The van der Waals surface area contributed by atoms with Gasteiger partial charge in [-0.15, -0.1) is 11.3 Å². The number of benzene rings is 1. The van der Waals surface area contributed by atoms with Gasteiger partial charge in [0.15, 0.2) is 23.2 Å². The van der Waals surface area contributed by atoms with Gasteiger partial charge in [-0.25, -0.2) is 4.98 Å². The van der Waals surface area contributed by atoms with Crippen LogP contribution in [0, 0.1) is 5.92 Å². The van der Waals surface area contributed by atoms with E-state index in [0.29, 0.717) is 35.3 Å². The smallest absolute Gasteiger partial charge is 0.258 e. The maximum atomic E-state index is 13.1. The highest BCUT2D eigenvalue weighted by Gasteiger charge is 2.29. The van der Waals surface area contributed by atoms with Gasteiger partial charge in [-0.3, -0.25) is 14.4 Å². The summed E-state index contributed by atoms with van der Waals surface area (Å²) in [4.78, 5) is 43.2. The average molecular weight is 461 g/mol. The van der Waals surface area contributed by atoms with Crippen LogP contribution in [0.15, 0.2) is 29.8 Å². The van der Waals surface area contributed by atoms with E-state index in [2.05, 4.69) is 15.6 Å². The van der Waals surface area contributed by atoms with Gasteiger partial charge in [0.05, 0.1) is 13.0 Å². The van der Waals surface area contributed by atoms with Gasteiger partial charge in [-0.05, 0) is 44.9 Å². The number of aromatic nitrogens is 1. The SMILES string of the molecule is COc1cc(C(=O)N2CCCC(C(=O)Nc3nccs3)C2)ccc1OCC(=O)NC(C)C. The molecule has 9 nitrogen and oxygen atoms in total. The molecule has 2 heterocycles. The third-order valence-electron chi connectivity index (χ3n) is 4.96. The summed E-state index contributed by atoms with van der Waals surface area (Å²) >= 11 is 1.36. The van der Waals surface area contributed by atoms with Crippen LogP contribution >= 0.6 is 11.3 Å². The Labute approximate surface area is 191 Å². The van der Waals surface area contributed by atoms with Gasteiger partial charge >= 0.3 is 0 Å². The summed E-state index contributed by atoms with van der Waals surface area (Å²) in [6.07, 6.45) is 3.09. The van der Waals surface area contributed by atoms with Gasteiger partial charge in [-0.2, -0.15) is 0 Å². The number of nitrogens with zero attached hydrogens (tertiary/aromatic N) is 2. The molecule has 1 aliphatic heterocycles. The molecule has 0 saturated carbocycles. The minimum absolute atomic E-state index is 0.0185. The van der Waals surface area contributed by atoms with Crippen molar-refractivity contribution < 1.29 is 23.9 Å². The van der Waals surface area contributed by atoms with E-state index < -0.39 is 0 Å². The third-order valence-corrected chi connectivity index (χ3v) is 5.65. The fraction of sp³-hybridized carbons (Fsp3) is 0.455. The fourth-order valence-corrected chi connectivity index (χ4v) is 4.01. The van der Waals surface area contributed by atoms with E-state index in [9.17, 15) is 14.4 Å². The predicted octanol–water partition coefficient (Wildman–Crippen LogP) is 2.55. The second-order valence-electron chi connectivity index (χ2n) is 7.79. The monoisotopic (exact) mass is 460 g/mol. The number of methoxy groups -OCH3 is 1. The standard InChI is InChI=1S/C22H28N4O5S/c1-14(2)24-19(27)13-31-17-7-6-15(11-18(17)30-3)21(29)26-9-4-5-16(12-26)20(28)25-22-23-8-10-32-22/h6-8,10-11,14,16H,4-5,9,12-13H2,1-3H3,(H,24,27)(H,23,25,28). The largest absolute Gasteiger partial charge is 0.493 e. The number of piperidine rings is 1. The number of likely N-dealkylation sites (tertiary alicyclic amines) is 1. The number of ether oxygens (including phenoxy) is 2. The Balaban J connectivity index is 1.63. The lowest BCUT2D eigenvalue weighted by atomic mass is 9.96. The molecule has 3 rings (SSSR count). The Morgan fingerprint density at radius 1 is 1.28 bits per heavy atom. The van der Waals surface area contributed by atoms with Crippen molar-refractivity contribution in [2.75, 3.05) is 32.1 Å². The molecule has 1 aliphatic rings. The van der Waals surface area contributed by atoms with Gasteiger partial charge in [-0.1, -0.05) is 0 Å². The maximum Gasteiger partial charge on any atom is 0.258 e. The molecular weight excluding hydrogens is 432 g/mol. The molecule has 1 aromatic heterocycles. The van der Waals surface area contributed by atoms with Crippen molar-refractivity contribution in [2.45, 2.75) is 32.7 Å². The first-order valence-corrected chi connectivity index (χ1v) is 11.3. The normalized spacial score (nSPS) is 15.9. The lowest BCUT2D eigenvalue weighted by molar-refractivity contribution is -0.123. The van der Waals surface area contributed by atoms with Crippen molar-refractivity contribution in [3.8, 4) is 11.5 Å². The fourth-order valence-electron chi connectivity index (χ4n) is 3.48. The molecule has 2 N–H and O–H groups in total. The summed E-state index contributed by atoms with van der Waals surface area (Å²) < 4.78 is 10.9. The van der Waals surface area contributed by atoms with Gasteiger partial charge in [0.2, 0.25) is 5.91 Å². The predicted molar refractivity (Wildman–Crippen MR) is 121 cm³/mol. The minimum Gasteiger partial charge on any atom is -0.493 e. The molecule has 0 spiro atoms. The third kappa shape index (κ3) is 6.19. The van der Waals surface area contributed by atoms with E-state index in [1.807, 2.05) is 13.8 Å².